The Labute approximate surface area is 101 Å². The highest BCUT2D eigenvalue weighted by molar-refractivity contribution is 5.82. The lowest BCUT2D eigenvalue weighted by atomic mass is 10.0. The second-order valence-electron chi connectivity index (χ2n) is 4.21. The third-order valence-electron chi connectivity index (χ3n) is 3.02. The second-order valence-corrected chi connectivity index (χ2v) is 4.21. The van der Waals surface area contributed by atoms with Gasteiger partial charge in [-0.15, -0.1) is 0 Å². The SMILES string of the molecule is CNC(CN=N)Cc1ccc2ccccc2c1. The Morgan fingerprint density at radius 2 is 1.94 bits per heavy atom. The molecule has 17 heavy (non-hydrogen) atoms. The maximum Gasteiger partial charge on any atom is 0.0752 e. The molecule has 2 aromatic rings. The van der Waals surface area contributed by atoms with Gasteiger partial charge in [0.2, 0.25) is 0 Å². The van der Waals surface area contributed by atoms with Crippen LogP contribution in [0.4, 0.5) is 0 Å². The first kappa shape index (κ1) is 11.7. The normalized spacial score (nSPS) is 12.5. The molecular formula is C14H17N3. The molecule has 0 aromatic heterocycles. The van der Waals surface area contributed by atoms with Crippen molar-refractivity contribution in [1.29, 1.82) is 5.53 Å². The van der Waals surface area contributed by atoms with E-state index >= 15 is 0 Å². The van der Waals surface area contributed by atoms with Crippen molar-refractivity contribution in [2.24, 2.45) is 5.11 Å². The molecule has 2 aromatic carbocycles. The molecule has 1 atom stereocenters. The smallest absolute Gasteiger partial charge is 0.0752 e. The van der Waals surface area contributed by atoms with E-state index in [9.17, 15) is 0 Å². The molecule has 0 radical (unpaired) electrons. The third kappa shape index (κ3) is 2.88. The Morgan fingerprint density at radius 3 is 2.65 bits per heavy atom. The van der Waals surface area contributed by atoms with Crippen molar-refractivity contribution >= 4 is 10.8 Å². The Kier molecular flexibility index (Phi) is 3.83. The standard InChI is InChI=1S/C14H17N3/c1-16-14(10-17-15)9-11-6-7-12-4-2-3-5-13(12)8-11/h2-8,14-16H,9-10H2,1H3. The molecule has 0 saturated heterocycles. The highest BCUT2D eigenvalue weighted by atomic mass is 15.0. The molecule has 0 bridgehead atoms. The molecule has 88 valence electrons. The van der Waals surface area contributed by atoms with Crippen LogP contribution >= 0.6 is 0 Å². The predicted octanol–water partition coefficient (Wildman–Crippen LogP) is 3.00. The maximum atomic E-state index is 6.92. The summed E-state index contributed by atoms with van der Waals surface area (Å²) in [5.41, 5.74) is 8.20. The first-order valence-electron chi connectivity index (χ1n) is 5.81. The number of rotatable bonds is 5. The summed E-state index contributed by atoms with van der Waals surface area (Å²) in [7, 11) is 1.91. The summed E-state index contributed by atoms with van der Waals surface area (Å²) in [4.78, 5) is 0. The number of likely N-dealkylation sites (N-methyl/N-ethyl adjacent to an activating group) is 1. The first-order chi connectivity index (χ1) is 8.33. The van der Waals surface area contributed by atoms with Gasteiger partial charge in [0, 0.05) is 6.04 Å². The van der Waals surface area contributed by atoms with Crippen LogP contribution in [0.15, 0.2) is 47.6 Å². The number of benzene rings is 2. The molecule has 3 heteroatoms. The zero-order chi connectivity index (χ0) is 12.1. The van der Waals surface area contributed by atoms with Crippen molar-refractivity contribution in [2.45, 2.75) is 12.5 Å². The average molecular weight is 227 g/mol. The molecule has 1 unspecified atom stereocenters. The molecule has 0 aliphatic rings. The average Bonchev–Trinajstić information content (AvgIpc) is 2.38. The molecule has 0 spiro atoms. The van der Waals surface area contributed by atoms with E-state index in [0.29, 0.717) is 6.54 Å². The highest BCUT2D eigenvalue weighted by Crippen LogP contribution is 2.16. The Morgan fingerprint density at radius 1 is 1.18 bits per heavy atom. The lowest BCUT2D eigenvalue weighted by Gasteiger charge is -2.13. The van der Waals surface area contributed by atoms with Crippen molar-refractivity contribution in [3.63, 3.8) is 0 Å². The lowest BCUT2D eigenvalue weighted by Crippen LogP contribution is -2.30. The lowest BCUT2D eigenvalue weighted by molar-refractivity contribution is 0.555. The second kappa shape index (κ2) is 5.55. The van der Waals surface area contributed by atoms with E-state index in [0.717, 1.165) is 6.42 Å². The van der Waals surface area contributed by atoms with Crippen LogP contribution in [-0.4, -0.2) is 19.6 Å². The largest absolute Gasteiger partial charge is 0.315 e. The molecule has 2 N–H and O–H groups in total. The minimum Gasteiger partial charge on any atom is -0.315 e. The van der Waals surface area contributed by atoms with E-state index in [-0.39, 0.29) is 6.04 Å². The highest BCUT2D eigenvalue weighted by Gasteiger charge is 2.06. The number of hydrogen-bond acceptors (Lipinski definition) is 3. The van der Waals surface area contributed by atoms with Crippen molar-refractivity contribution in [2.75, 3.05) is 13.6 Å². The third-order valence-corrected chi connectivity index (χ3v) is 3.02. The number of nitrogens with zero attached hydrogens (tertiary/aromatic N) is 1. The van der Waals surface area contributed by atoms with E-state index in [1.165, 1.54) is 16.3 Å². The minimum atomic E-state index is 0.244. The zero-order valence-electron chi connectivity index (χ0n) is 9.98. The van der Waals surface area contributed by atoms with Crippen LogP contribution in [0.5, 0.6) is 0 Å². The van der Waals surface area contributed by atoms with Crippen LogP contribution < -0.4 is 5.32 Å². The first-order valence-corrected chi connectivity index (χ1v) is 5.81. The van der Waals surface area contributed by atoms with Crippen molar-refractivity contribution < 1.29 is 0 Å². The molecule has 0 saturated carbocycles. The number of fused-ring (bicyclic) bond motifs is 1. The van der Waals surface area contributed by atoms with Gasteiger partial charge in [-0.05, 0) is 29.8 Å². The predicted molar refractivity (Wildman–Crippen MR) is 70.5 cm³/mol. The van der Waals surface area contributed by atoms with Gasteiger partial charge < -0.3 is 5.32 Å². The van der Waals surface area contributed by atoms with E-state index in [2.05, 4.69) is 52.9 Å². The molecule has 0 aliphatic heterocycles. The number of nitrogens with one attached hydrogen (secondary N) is 2. The zero-order valence-corrected chi connectivity index (χ0v) is 9.98. The van der Waals surface area contributed by atoms with Gasteiger partial charge in [-0.2, -0.15) is 5.11 Å². The van der Waals surface area contributed by atoms with E-state index in [1.807, 2.05) is 7.05 Å². The quantitative estimate of drug-likeness (QED) is 0.758. The fourth-order valence-corrected chi connectivity index (χ4v) is 2.02. The van der Waals surface area contributed by atoms with E-state index in [4.69, 9.17) is 5.53 Å². The van der Waals surface area contributed by atoms with Crippen LogP contribution in [0.1, 0.15) is 5.56 Å². The Hall–Kier alpha value is -1.74. The van der Waals surface area contributed by atoms with Crippen LogP contribution in [0, 0.1) is 5.53 Å². The van der Waals surface area contributed by atoms with Gasteiger partial charge in [0.15, 0.2) is 0 Å². The maximum absolute atomic E-state index is 6.92. The summed E-state index contributed by atoms with van der Waals surface area (Å²) in [6.07, 6.45) is 0.906. The summed E-state index contributed by atoms with van der Waals surface area (Å²) in [5.74, 6) is 0. The molecule has 3 nitrogen and oxygen atoms in total. The van der Waals surface area contributed by atoms with Crippen LogP contribution in [0.25, 0.3) is 10.8 Å². The van der Waals surface area contributed by atoms with Gasteiger partial charge in [0.1, 0.15) is 0 Å². The summed E-state index contributed by atoms with van der Waals surface area (Å²) < 4.78 is 0. The molecular weight excluding hydrogens is 210 g/mol. The van der Waals surface area contributed by atoms with Crippen molar-refractivity contribution in [3.8, 4) is 0 Å². The fourth-order valence-electron chi connectivity index (χ4n) is 2.02. The summed E-state index contributed by atoms with van der Waals surface area (Å²) in [6.45, 7) is 0.531. The van der Waals surface area contributed by atoms with Crippen molar-refractivity contribution in [1.82, 2.24) is 5.32 Å². The molecule has 0 heterocycles. The number of hydrogen-bond donors (Lipinski definition) is 2. The van der Waals surface area contributed by atoms with E-state index in [1.54, 1.807) is 0 Å². The van der Waals surface area contributed by atoms with Gasteiger partial charge in [-0.25, -0.2) is 5.53 Å². The van der Waals surface area contributed by atoms with Crippen LogP contribution in [0.2, 0.25) is 0 Å². The summed E-state index contributed by atoms with van der Waals surface area (Å²) >= 11 is 0. The summed E-state index contributed by atoms with van der Waals surface area (Å²) in [6, 6.07) is 15.1. The van der Waals surface area contributed by atoms with E-state index < -0.39 is 0 Å². The van der Waals surface area contributed by atoms with Gasteiger partial charge >= 0.3 is 0 Å². The molecule has 0 aliphatic carbocycles. The molecule has 0 fully saturated rings. The van der Waals surface area contributed by atoms with Crippen LogP contribution in [-0.2, 0) is 6.42 Å². The van der Waals surface area contributed by atoms with Crippen LogP contribution in [0.3, 0.4) is 0 Å². The Bertz CT molecular complexity index is 508. The van der Waals surface area contributed by atoms with Gasteiger partial charge in [-0.3, -0.25) is 0 Å². The molecule has 0 amide bonds. The summed E-state index contributed by atoms with van der Waals surface area (Å²) in [5, 5.41) is 9.17. The monoisotopic (exact) mass is 227 g/mol. The fraction of sp³-hybridized carbons (Fsp3) is 0.286. The van der Waals surface area contributed by atoms with Crippen molar-refractivity contribution in [3.05, 3.63) is 48.0 Å². The Balaban J connectivity index is 2.21. The topological polar surface area (TPSA) is 48.2 Å². The minimum absolute atomic E-state index is 0.244. The van der Waals surface area contributed by atoms with Gasteiger partial charge in [-0.1, -0.05) is 42.5 Å². The molecule has 2 rings (SSSR count). The van der Waals surface area contributed by atoms with Gasteiger partial charge in [0.05, 0.1) is 6.54 Å². The van der Waals surface area contributed by atoms with Gasteiger partial charge in [0.25, 0.3) is 0 Å².